The Morgan fingerprint density at radius 3 is 2.25 bits per heavy atom. The van der Waals surface area contributed by atoms with Crippen LogP contribution in [0, 0.1) is 0 Å². The second-order valence-corrected chi connectivity index (χ2v) is 4.62. The Balaban J connectivity index is 2.89. The average molecular weight is 340 g/mol. The van der Waals surface area contributed by atoms with Crippen molar-refractivity contribution in [3.05, 3.63) is 17.7 Å². The molecular formula is C15H20N2O7. The summed E-state index contributed by atoms with van der Waals surface area (Å²) >= 11 is 0. The van der Waals surface area contributed by atoms with Crippen molar-refractivity contribution in [2.45, 2.75) is 12.8 Å². The number of aliphatic carboxylic acids is 1. The summed E-state index contributed by atoms with van der Waals surface area (Å²) in [4.78, 5) is 34.2. The fraction of sp³-hybridized carbons (Fsp3) is 0.400. The summed E-state index contributed by atoms with van der Waals surface area (Å²) < 4.78 is 14.9. The largest absolute Gasteiger partial charge is 0.493 e. The van der Waals surface area contributed by atoms with Crippen LogP contribution in [0.4, 0.5) is 10.5 Å². The monoisotopic (exact) mass is 340 g/mol. The Morgan fingerprint density at radius 2 is 1.71 bits per heavy atom. The first-order valence-electron chi connectivity index (χ1n) is 7.03. The first kappa shape index (κ1) is 19.1. The lowest BCUT2D eigenvalue weighted by Gasteiger charge is -2.15. The zero-order valence-electron chi connectivity index (χ0n) is 13.7. The van der Waals surface area contributed by atoms with E-state index in [1.165, 1.54) is 33.5 Å². The molecule has 0 aliphatic carbocycles. The second-order valence-electron chi connectivity index (χ2n) is 4.62. The molecule has 0 aliphatic rings. The van der Waals surface area contributed by atoms with Crippen LogP contribution in [-0.2, 0) is 9.53 Å². The molecule has 0 aromatic heterocycles. The van der Waals surface area contributed by atoms with E-state index in [1.807, 2.05) is 0 Å². The Kier molecular flexibility index (Phi) is 7.34. The fourth-order valence-corrected chi connectivity index (χ4v) is 1.87. The topological polar surface area (TPSA) is 123 Å². The molecule has 24 heavy (non-hydrogen) atoms. The number of amides is 2. The maximum absolute atomic E-state index is 11.9. The SMILES string of the molecule is COC(=O)c1cc(OC)c(OC)cc1NC(=O)NCCCC(=O)O. The average Bonchev–Trinajstić information content (AvgIpc) is 2.57. The van der Waals surface area contributed by atoms with Crippen LogP contribution < -0.4 is 20.1 Å². The van der Waals surface area contributed by atoms with Crippen LogP contribution in [0.15, 0.2) is 12.1 Å². The lowest BCUT2D eigenvalue weighted by molar-refractivity contribution is -0.137. The molecule has 0 bridgehead atoms. The van der Waals surface area contributed by atoms with Crippen molar-refractivity contribution in [3.63, 3.8) is 0 Å². The number of carbonyl (C=O) groups is 3. The van der Waals surface area contributed by atoms with E-state index in [2.05, 4.69) is 15.4 Å². The quantitative estimate of drug-likeness (QED) is 0.484. The molecule has 0 aliphatic heterocycles. The molecule has 0 spiro atoms. The van der Waals surface area contributed by atoms with E-state index < -0.39 is 18.0 Å². The highest BCUT2D eigenvalue weighted by atomic mass is 16.5. The minimum Gasteiger partial charge on any atom is -0.493 e. The Morgan fingerprint density at radius 1 is 1.08 bits per heavy atom. The van der Waals surface area contributed by atoms with Gasteiger partial charge in [0.1, 0.15) is 0 Å². The number of benzene rings is 1. The number of nitrogens with one attached hydrogen (secondary N) is 2. The number of esters is 1. The molecule has 1 aromatic carbocycles. The number of carboxylic acids is 1. The number of anilines is 1. The number of hydrogen-bond acceptors (Lipinski definition) is 6. The summed E-state index contributed by atoms with van der Waals surface area (Å²) in [5.41, 5.74) is 0.270. The third-order valence-electron chi connectivity index (χ3n) is 3.03. The second kappa shape index (κ2) is 9.23. The van der Waals surface area contributed by atoms with Crippen molar-refractivity contribution in [2.24, 2.45) is 0 Å². The van der Waals surface area contributed by atoms with E-state index in [1.54, 1.807) is 0 Å². The van der Waals surface area contributed by atoms with E-state index >= 15 is 0 Å². The maximum atomic E-state index is 11.9. The molecule has 9 heteroatoms. The minimum atomic E-state index is -0.940. The van der Waals surface area contributed by atoms with Crippen LogP contribution in [0.2, 0.25) is 0 Å². The Bertz CT molecular complexity index is 616. The van der Waals surface area contributed by atoms with E-state index in [-0.39, 0.29) is 24.2 Å². The molecule has 0 heterocycles. The van der Waals surface area contributed by atoms with Gasteiger partial charge in [0.2, 0.25) is 0 Å². The molecule has 1 rings (SSSR count). The summed E-state index contributed by atoms with van der Waals surface area (Å²) in [6.07, 6.45) is 0.239. The zero-order chi connectivity index (χ0) is 18.1. The van der Waals surface area contributed by atoms with Gasteiger partial charge in [-0.2, -0.15) is 0 Å². The van der Waals surface area contributed by atoms with E-state index in [9.17, 15) is 14.4 Å². The van der Waals surface area contributed by atoms with Gasteiger partial charge in [0.25, 0.3) is 0 Å². The lowest BCUT2D eigenvalue weighted by atomic mass is 10.1. The van der Waals surface area contributed by atoms with Gasteiger partial charge in [-0.05, 0) is 6.42 Å². The van der Waals surface area contributed by atoms with Gasteiger partial charge in [-0.25, -0.2) is 9.59 Å². The van der Waals surface area contributed by atoms with Gasteiger partial charge >= 0.3 is 18.0 Å². The summed E-state index contributed by atoms with van der Waals surface area (Å²) in [5.74, 6) is -0.959. The van der Waals surface area contributed by atoms with Gasteiger partial charge in [0, 0.05) is 25.1 Å². The molecule has 0 radical (unpaired) electrons. The molecule has 0 fully saturated rings. The molecule has 0 atom stereocenters. The Labute approximate surface area is 138 Å². The third-order valence-corrected chi connectivity index (χ3v) is 3.03. The summed E-state index contributed by atoms with van der Waals surface area (Å²) in [6, 6.07) is 2.24. The van der Waals surface area contributed by atoms with Crippen LogP contribution >= 0.6 is 0 Å². The lowest BCUT2D eigenvalue weighted by Crippen LogP contribution is -2.30. The van der Waals surface area contributed by atoms with Crippen LogP contribution in [0.5, 0.6) is 11.5 Å². The van der Waals surface area contributed by atoms with Gasteiger partial charge in [0.15, 0.2) is 11.5 Å². The minimum absolute atomic E-state index is 0.0515. The van der Waals surface area contributed by atoms with Crippen LogP contribution in [0.3, 0.4) is 0 Å². The van der Waals surface area contributed by atoms with E-state index in [0.717, 1.165) is 0 Å². The van der Waals surface area contributed by atoms with Crippen LogP contribution in [-0.4, -0.2) is 51.0 Å². The normalized spacial score (nSPS) is 9.79. The van der Waals surface area contributed by atoms with Gasteiger partial charge in [0.05, 0.1) is 32.6 Å². The van der Waals surface area contributed by atoms with Crippen molar-refractivity contribution in [2.75, 3.05) is 33.2 Å². The first-order valence-corrected chi connectivity index (χ1v) is 7.03. The summed E-state index contributed by atoms with van der Waals surface area (Å²) in [7, 11) is 4.06. The predicted molar refractivity (Wildman–Crippen MR) is 84.8 cm³/mol. The highest BCUT2D eigenvalue weighted by Gasteiger charge is 2.19. The number of ether oxygens (including phenoxy) is 3. The number of carbonyl (C=O) groups excluding carboxylic acids is 2. The van der Waals surface area contributed by atoms with Gasteiger partial charge < -0.3 is 30.0 Å². The standard InChI is InChI=1S/C15H20N2O7/c1-22-11-7-9(14(20)24-3)10(8-12(11)23-2)17-15(21)16-6-4-5-13(18)19/h7-8H,4-6H2,1-3H3,(H,18,19)(H2,16,17,21). The molecule has 0 unspecified atom stereocenters. The maximum Gasteiger partial charge on any atom is 0.340 e. The number of hydrogen-bond donors (Lipinski definition) is 3. The molecular weight excluding hydrogens is 320 g/mol. The van der Waals surface area contributed by atoms with Crippen molar-refractivity contribution in [3.8, 4) is 11.5 Å². The first-order chi connectivity index (χ1) is 11.4. The summed E-state index contributed by atoms with van der Waals surface area (Å²) in [6.45, 7) is 0.180. The van der Waals surface area contributed by atoms with Crippen molar-refractivity contribution >= 4 is 23.7 Å². The van der Waals surface area contributed by atoms with Gasteiger partial charge in [-0.1, -0.05) is 0 Å². The zero-order valence-corrected chi connectivity index (χ0v) is 13.7. The third kappa shape index (κ3) is 5.34. The van der Waals surface area contributed by atoms with Crippen molar-refractivity contribution in [1.29, 1.82) is 0 Å². The molecule has 2 amide bonds. The number of rotatable bonds is 8. The molecule has 0 saturated carbocycles. The van der Waals surface area contributed by atoms with E-state index in [4.69, 9.17) is 14.6 Å². The summed E-state index contributed by atoms with van der Waals surface area (Å²) in [5, 5.41) is 13.5. The van der Waals surface area contributed by atoms with Crippen LogP contribution in [0.1, 0.15) is 23.2 Å². The van der Waals surface area contributed by atoms with Crippen molar-refractivity contribution in [1.82, 2.24) is 5.32 Å². The van der Waals surface area contributed by atoms with Crippen molar-refractivity contribution < 1.29 is 33.7 Å². The molecule has 3 N–H and O–H groups in total. The number of urea groups is 1. The molecule has 0 saturated heterocycles. The highest BCUT2D eigenvalue weighted by Crippen LogP contribution is 2.33. The van der Waals surface area contributed by atoms with Gasteiger partial charge in [-0.15, -0.1) is 0 Å². The smallest absolute Gasteiger partial charge is 0.340 e. The number of methoxy groups -OCH3 is 3. The molecule has 1 aromatic rings. The van der Waals surface area contributed by atoms with E-state index in [0.29, 0.717) is 17.9 Å². The van der Waals surface area contributed by atoms with Gasteiger partial charge in [-0.3, -0.25) is 4.79 Å². The fourth-order valence-electron chi connectivity index (χ4n) is 1.87. The predicted octanol–water partition coefficient (Wildman–Crippen LogP) is 1.48. The highest BCUT2D eigenvalue weighted by molar-refractivity contribution is 6.01. The Hall–Kier alpha value is -2.97. The number of carboxylic acid groups (broad SMARTS) is 1. The molecule has 9 nitrogen and oxygen atoms in total. The molecule has 132 valence electrons. The van der Waals surface area contributed by atoms with Crippen LogP contribution in [0.25, 0.3) is 0 Å².